The molecule has 0 unspecified atom stereocenters. The van der Waals surface area contributed by atoms with Gasteiger partial charge in [-0.15, -0.1) is 0 Å². The summed E-state index contributed by atoms with van der Waals surface area (Å²) in [6.07, 6.45) is 7.52. The van der Waals surface area contributed by atoms with Crippen molar-refractivity contribution in [2.45, 2.75) is 25.7 Å². The minimum Gasteiger partial charge on any atom is -0.370 e. The van der Waals surface area contributed by atoms with Gasteiger partial charge in [-0.2, -0.15) is 0 Å². The predicted octanol–water partition coefficient (Wildman–Crippen LogP) is 2.19. The Kier molecular flexibility index (Phi) is 8.41. The highest BCUT2D eigenvalue weighted by atomic mass is 15.1. The number of nitrogens with one attached hydrogen (secondary N) is 2. The Morgan fingerprint density at radius 3 is 1.58 bits per heavy atom. The topological polar surface area (TPSA) is 127 Å². The highest BCUT2D eigenvalue weighted by Gasteiger charge is 1.96. The van der Waals surface area contributed by atoms with Gasteiger partial charge in [0.15, 0.2) is 11.9 Å². The fourth-order valence-electron chi connectivity index (χ4n) is 2.19. The Balaban J connectivity index is 1.52. The molecule has 0 amide bonds. The van der Waals surface area contributed by atoms with Gasteiger partial charge in [-0.05, 0) is 37.1 Å². The fourth-order valence-corrected chi connectivity index (χ4v) is 2.19. The van der Waals surface area contributed by atoms with Crippen LogP contribution in [0.1, 0.15) is 25.7 Å². The van der Waals surface area contributed by atoms with E-state index in [2.05, 4.69) is 30.6 Å². The third-order valence-electron chi connectivity index (χ3n) is 3.47. The zero-order valence-electron chi connectivity index (χ0n) is 14.8. The number of unbranched alkanes of at least 4 members (excludes halogenated alkanes) is 3. The Morgan fingerprint density at radius 1 is 0.731 bits per heavy atom. The lowest BCUT2D eigenvalue weighted by atomic mass is 10.2. The van der Waals surface area contributed by atoms with Crippen molar-refractivity contribution in [1.82, 2.24) is 9.97 Å². The maximum atomic E-state index is 5.82. The van der Waals surface area contributed by atoms with Gasteiger partial charge in [0.2, 0.25) is 0 Å². The summed E-state index contributed by atoms with van der Waals surface area (Å²) in [5.74, 6) is 2.18. The fraction of sp³-hybridized carbons (Fsp3) is 0.333. The molecule has 0 aromatic carbocycles. The van der Waals surface area contributed by atoms with Crippen LogP contribution in [0.5, 0.6) is 0 Å². The molecule has 0 atom stereocenters. The standard InChI is InChI=1S/C18H26N8/c19-17(25-15-9-3-7-11-21-15)23-13-5-1-2-6-14-24-18(20)26-16-10-4-8-12-22-16/h3-4,7-12H,1-2,5-6,13-14H2,(H3,19,21,23,25)(H3,20,22,24,26). The molecular weight excluding hydrogens is 328 g/mol. The molecule has 0 saturated carbocycles. The van der Waals surface area contributed by atoms with Gasteiger partial charge in [-0.3, -0.25) is 9.98 Å². The zero-order chi connectivity index (χ0) is 18.5. The second kappa shape index (κ2) is 11.4. The summed E-state index contributed by atoms with van der Waals surface area (Å²) < 4.78 is 0. The molecule has 0 aliphatic carbocycles. The van der Waals surface area contributed by atoms with Gasteiger partial charge in [0, 0.05) is 25.5 Å². The first-order valence-corrected chi connectivity index (χ1v) is 8.70. The number of rotatable bonds is 9. The minimum atomic E-state index is 0.390. The number of anilines is 2. The first-order chi connectivity index (χ1) is 12.7. The molecule has 2 heterocycles. The quantitative estimate of drug-likeness (QED) is 0.311. The number of nitrogens with zero attached hydrogens (tertiary/aromatic N) is 4. The molecule has 8 nitrogen and oxygen atoms in total. The van der Waals surface area contributed by atoms with Gasteiger partial charge in [0.05, 0.1) is 0 Å². The van der Waals surface area contributed by atoms with Crippen molar-refractivity contribution in [3.63, 3.8) is 0 Å². The van der Waals surface area contributed by atoms with E-state index >= 15 is 0 Å². The summed E-state index contributed by atoms with van der Waals surface area (Å²) >= 11 is 0. The molecule has 0 saturated heterocycles. The van der Waals surface area contributed by atoms with Gasteiger partial charge in [-0.25, -0.2) is 9.97 Å². The van der Waals surface area contributed by atoms with Crippen molar-refractivity contribution in [3.8, 4) is 0 Å². The Labute approximate surface area is 153 Å². The molecule has 2 aromatic heterocycles. The summed E-state index contributed by atoms with van der Waals surface area (Å²) in [6, 6.07) is 11.2. The number of aliphatic imine (C=N–C) groups is 2. The predicted molar refractivity (Wildman–Crippen MR) is 107 cm³/mol. The van der Waals surface area contributed by atoms with Crippen molar-refractivity contribution < 1.29 is 0 Å². The lowest BCUT2D eigenvalue weighted by Gasteiger charge is -2.05. The highest BCUT2D eigenvalue weighted by molar-refractivity contribution is 5.91. The lowest BCUT2D eigenvalue weighted by Crippen LogP contribution is -2.23. The summed E-state index contributed by atoms with van der Waals surface area (Å²) in [7, 11) is 0. The summed E-state index contributed by atoms with van der Waals surface area (Å²) in [6.45, 7) is 1.39. The maximum Gasteiger partial charge on any atom is 0.194 e. The number of hydrogen-bond donors (Lipinski definition) is 4. The monoisotopic (exact) mass is 354 g/mol. The molecule has 6 N–H and O–H groups in total. The molecule has 138 valence electrons. The highest BCUT2D eigenvalue weighted by Crippen LogP contribution is 2.02. The number of pyridine rings is 2. The molecule has 0 spiro atoms. The molecule has 2 rings (SSSR count). The maximum absolute atomic E-state index is 5.82. The number of nitrogens with two attached hydrogens (primary N) is 2. The first-order valence-electron chi connectivity index (χ1n) is 8.70. The number of guanidine groups is 2. The Morgan fingerprint density at radius 2 is 1.19 bits per heavy atom. The Bertz CT molecular complexity index is 623. The molecule has 0 bridgehead atoms. The lowest BCUT2D eigenvalue weighted by molar-refractivity contribution is 0.654. The summed E-state index contributed by atoms with van der Waals surface area (Å²) in [5, 5.41) is 5.92. The zero-order valence-corrected chi connectivity index (χ0v) is 14.8. The van der Waals surface area contributed by atoms with Crippen molar-refractivity contribution in [2.24, 2.45) is 21.5 Å². The molecule has 0 fully saturated rings. The molecule has 0 aliphatic rings. The largest absolute Gasteiger partial charge is 0.370 e. The van der Waals surface area contributed by atoms with E-state index in [0.717, 1.165) is 25.7 Å². The normalized spacial score (nSPS) is 12.0. The Hall–Kier alpha value is -3.16. The molecule has 0 radical (unpaired) electrons. The van der Waals surface area contributed by atoms with Crippen LogP contribution in [-0.4, -0.2) is 35.0 Å². The molecule has 0 aliphatic heterocycles. The van der Waals surface area contributed by atoms with E-state index in [1.165, 1.54) is 0 Å². The van der Waals surface area contributed by atoms with Crippen LogP contribution in [0, 0.1) is 0 Å². The van der Waals surface area contributed by atoms with E-state index < -0.39 is 0 Å². The van der Waals surface area contributed by atoms with Gasteiger partial charge in [0.25, 0.3) is 0 Å². The second-order valence-electron chi connectivity index (χ2n) is 5.63. The van der Waals surface area contributed by atoms with Crippen LogP contribution in [0.3, 0.4) is 0 Å². The van der Waals surface area contributed by atoms with E-state index in [-0.39, 0.29) is 0 Å². The van der Waals surface area contributed by atoms with Crippen molar-refractivity contribution in [3.05, 3.63) is 48.8 Å². The van der Waals surface area contributed by atoms with E-state index in [0.29, 0.717) is 36.6 Å². The molecular formula is C18H26N8. The molecule has 2 aromatic rings. The van der Waals surface area contributed by atoms with Crippen molar-refractivity contribution in [1.29, 1.82) is 0 Å². The van der Waals surface area contributed by atoms with Crippen molar-refractivity contribution >= 4 is 23.6 Å². The van der Waals surface area contributed by atoms with Crippen LogP contribution in [0.2, 0.25) is 0 Å². The SMILES string of the molecule is NC(=NCCCCCCN=C(N)Nc1ccccn1)Nc1ccccn1. The number of hydrogen-bond acceptors (Lipinski definition) is 4. The minimum absolute atomic E-state index is 0.390. The number of aromatic nitrogens is 2. The third-order valence-corrected chi connectivity index (χ3v) is 3.47. The summed E-state index contributed by atoms with van der Waals surface area (Å²) in [4.78, 5) is 16.8. The van der Waals surface area contributed by atoms with Gasteiger partial charge < -0.3 is 22.1 Å². The van der Waals surface area contributed by atoms with E-state index in [4.69, 9.17) is 11.5 Å². The average molecular weight is 354 g/mol. The van der Waals surface area contributed by atoms with E-state index in [1.807, 2.05) is 36.4 Å². The molecule has 8 heteroatoms. The van der Waals surface area contributed by atoms with Crippen LogP contribution >= 0.6 is 0 Å². The summed E-state index contributed by atoms with van der Waals surface area (Å²) in [5.41, 5.74) is 11.6. The molecule has 26 heavy (non-hydrogen) atoms. The van der Waals surface area contributed by atoms with Gasteiger partial charge >= 0.3 is 0 Å². The average Bonchev–Trinajstić information content (AvgIpc) is 2.65. The van der Waals surface area contributed by atoms with Crippen LogP contribution < -0.4 is 22.1 Å². The smallest absolute Gasteiger partial charge is 0.194 e. The van der Waals surface area contributed by atoms with Crippen LogP contribution in [0.15, 0.2) is 58.8 Å². The van der Waals surface area contributed by atoms with E-state index in [9.17, 15) is 0 Å². The van der Waals surface area contributed by atoms with Crippen molar-refractivity contribution in [2.75, 3.05) is 23.7 Å². The van der Waals surface area contributed by atoms with Crippen LogP contribution in [-0.2, 0) is 0 Å². The van der Waals surface area contributed by atoms with Crippen LogP contribution in [0.4, 0.5) is 11.6 Å². The van der Waals surface area contributed by atoms with E-state index in [1.54, 1.807) is 12.4 Å². The first kappa shape index (κ1) is 19.2. The van der Waals surface area contributed by atoms with Crippen LogP contribution in [0.25, 0.3) is 0 Å². The van der Waals surface area contributed by atoms with Gasteiger partial charge in [-0.1, -0.05) is 25.0 Å². The van der Waals surface area contributed by atoms with Gasteiger partial charge in [0.1, 0.15) is 11.6 Å². The third kappa shape index (κ3) is 8.09. The second-order valence-corrected chi connectivity index (χ2v) is 5.63.